The van der Waals surface area contributed by atoms with Crippen LogP contribution in [0.4, 0.5) is 0 Å². The van der Waals surface area contributed by atoms with Gasteiger partial charge in [-0.05, 0) is 30.5 Å². The number of fused-ring (bicyclic) bond motifs is 3. The maximum atomic E-state index is 10.6. The summed E-state index contributed by atoms with van der Waals surface area (Å²) in [5, 5.41) is 10.6. The van der Waals surface area contributed by atoms with E-state index in [2.05, 4.69) is 41.8 Å². The molecule has 0 amide bonds. The number of piperazine rings is 3. The van der Waals surface area contributed by atoms with E-state index in [0.29, 0.717) is 6.04 Å². The first-order valence-electron chi connectivity index (χ1n) is 7.34. The molecule has 2 bridgehead atoms. The van der Waals surface area contributed by atoms with Crippen LogP contribution in [0.15, 0.2) is 18.2 Å². The average Bonchev–Trinajstić information content (AvgIpc) is 2.44. The van der Waals surface area contributed by atoms with Gasteiger partial charge in [-0.25, -0.2) is 0 Å². The molecule has 0 aliphatic carbocycles. The maximum Gasteiger partial charge on any atom is 0.0748 e. The normalized spacial score (nSPS) is 31.4. The summed E-state index contributed by atoms with van der Waals surface area (Å²) in [6.07, 6.45) is 0.538. The molecule has 2 unspecified atom stereocenters. The molecule has 19 heavy (non-hydrogen) atoms. The Balaban J connectivity index is 1.73. The molecule has 1 aromatic carbocycles. The van der Waals surface area contributed by atoms with E-state index >= 15 is 0 Å². The number of aliphatic hydroxyl groups excluding tert-OH is 1. The molecule has 3 aliphatic heterocycles. The summed E-state index contributed by atoms with van der Waals surface area (Å²) in [6, 6.07) is 6.71. The van der Waals surface area contributed by atoms with Gasteiger partial charge in [-0.1, -0.05) is 18.2 Å². The fourth-order valence-electron chi connectivity index (χ4n) is 3.54. The minimum absolute atomic E-state index is 0.247. The highest BCUT2D eigenvalue weighted by molar-refractivity contribution is 5.34. The molecule has 0 radical (unpaired) electrons. The molecule has 0 aromatic heterocycles. The lowest BCUT2D eigenvalue weighted by Gasteiger charge is -2.49. The van der Waals surface area contributed by atoms with Gasteiger partial charge < -0.3 is 5.11 Å². The third-order valence-electron chi connectivity index (χ3n) is 4.82. The molecule has 3 saturated heterocycles. The smallest absolute Gasteiger partial charge is 0.0748 e. The van der Waals surface area contributed by atoms with Crippen molar-refractivity contribution in [3.8, 4) is 0 Å². The summed E-state index contributed by atoms with van der Waals surface area (Å²) in [6.45, 7) is 9.91. The highest BCUT2D eigenvalue weighted by Gasteiger charge is 2.36. The van der Waals surface area contributed by atoms with Crippen LogP contribution < -0.4 is 0 Å². The van der Waals surface area contributed by atoms with Crippen molar-refractivity contribution in [3.63, 3.8) is 0 Å². The fraction of sp³-hybridized carbons (Fsp3) is 0.625. The minimum Gasteiger partial charge on any atom is -0.391 e. The van der Waals surface area contributed by atoms with Crippen LogP contribution in [0.3, 0.4) is 0 Å². The Kier molecular flexibility index (Phi) is 3.61. The number of aliphatic hydroxyl groups is 1. The summed E-state index contributed by atoms with van der Waals surface area (Å²) >= 11 is 0. The summed E-state index contributed by atoms with van der Waals surface area (Å²) in [7, 11) is 0. The fourth-order valence-corrected chi connectivity index (χ4v) is 3.54. The van der Waals surface area contributed by atoms with Crippen molar-refractivity contribution in [2.45, 2.75) is 32.4 Å². The van der Waals surface area contributed by atoms with E-state index in [0.717, 1.165) is 26.1 Å². The first-order chi connectivity index (χ1) is 9.15. The molecule has 104 valence electrons. The van der Waals surface area contributed by atoms with Crippen LogP contribution in [0.25, 0.3) is 0 Å². The Labute approximate surface area is 115 Å². The maximum absolute atomic E-state index is 10.6. The van der Waals surface area contributed by atoms with E-state index in [1.54, 1.807) is 0 Å². The Morgan fingerprint density at radius 3 is 2.32 bits per heavy atom. The van der Waals surface area contributed by atoms with Crippen LogP contribution in [0, 0.1) is 13.8 Å². The van der Waals surface area contributed by atoms with Gasteiger partial charge in [-0.3, -0.25) is 9.80 Å². The number of hydrogen-bond acceptors (Lipinski definition) is 3. The summed E-state index contributed by atoms with van der Waals surface area (Å²) in [5.74, 6) is 0. The zero-order valence-corrected chi connectivity index (χ0v) is 12.0. The van der Waals surface area contributed by atoms with E-state index in [-0.39, 0.29) is 6.10 Å². The molecule has 4 rings (SSSR count). The summed E-state index contributed by atoms with van der Waals surface area (Å²) in [4.78, 5) is 4.96. The molecule has 3 fully saturated rings. The van der Waals surface area contributed by atoms with Gasteiger partial charge in [0.05, 0.1) is 6.10 Å². The number of rotatable bonds is 3. The van der Waals surface area contributed by atoms with Gasteiger partial charge in [0.25, 0.3) is 0 Å². The van der Waals surface area contributed by atoms with Gasteiger partial charge in [0.15, 0.2) is 0 Å². The first-order valence-corrected chi connectivity index (χ1v) is 7.34. The molecule has 3 heteroatoms. The van der Waals surface area contributed by atoms with Crippen LogP contribution in [0.2, 0.25) is 0 Å². The van der Waals surface area contributed by atoms with Crippen molar-refractivity contribution >= 4 is 0 Å². The molecule has 1 aromatic rings. The molecule has 2 atom stereocenters. The Bertz CT molecular complexity index is 432. The van der Waals surface area contributed by atoms with Crippen molar-refractivity contribution in [1.29, 1.82) is 0 Å². The van der Waals surface area contributed by atoms with E-state index in [1.165, 1.54) is 29.8 Å². The van der Waals surface area contributed by atoms with Crippen LogP contribution in [0.5, 0.6) is 0 Å². The number of hydrogen-bond donors (Lipinski definition) is 1. The molecule has 0 spiro atoms. The van der Waals surface area contributed by atoms with Gasteiger partial charge in [-0.2, -0.15) is 0 Å². The summed E-state index contributed by atoms with van der Waals surface area (Å²) in [5.41, 5.74) is 3.93. The predicted molar refractivity (Wildman–Crippen MR) is 77.4 cm³/mol. The second-order valence-corrected chi connectivity index (χ2v) is 6.05. The number of nitrogens with zero attached hydrogens (tertiary/aromatic N) is 2. The van der Waals surface area contributed by atoms with Crippen molar-refractivity contribution in [2.24, 2.45) is 0 Å². The monoisotopic (exact) mass is 260 g/mol. The highest BCUT2D eigenvalue weighted by atomic mass is 16.3. The molecule has 3 heterocycles. The average molecular weight is 260 g/mol. The SMILES string of the molecule is Cc1cccc(C)c1CC(O)C1CN2CCN1CC2. The van der Waals surface area contributed by atoms with Gasteiger partial charge in [-0.15, -0.1) is 0 Å². The third kappa shape index (κ3) is 2.55. The second-order valence-electron chi connectivity index (χ2n) is 6.05. The molecule has 3 nitrogen and oxygen atoms in total. The van der Waals surface area contributed by atoms with Gasteiger partial charge in [0.2, 0.25) is 0 Å². The lowest BCUT2D eigenvalue weighted by molar-refractivity contribution is -0.0454. The Morgan fingerprint density at radius 2 is 1.79 bits per heavy atom. The number of aryl methyl sites for hydroxylation is 2. The quantitative estimate of drug-likeness (QED) is 0.885. The minimum atomic E-state index is -0.247. The van der Waals surface area contributed by atoms with Crippen molar-refractivity contribution in [2.75, 3.05) is 32.7 Å². The third-order valence-corrected chi connectivity index (χ3v) is 4.82. The molecular weight excluding hydrogens is 236 g/mol. The van der Waals surface area contributed by atoms with Gasteiger partial charge in [0, 0.05) is 45.2 Å². The molecular formula is C16H24N2O. The Morgan fingerprint density at radius 1 is 1.16 bits per heavy atom. The van der Waals surface area contributed by atoms with E-state index in [9.17, 15) is 5.11 Å². The lowest BCUT2D eigenvalue weighted by Crippen LogP contribution is -2.64. The van der Waals surface area contributed by atoms with Crippen molar-refractivity contribution in [3.05, 3.63) is 34.9 Å². The van der Waals surface area contributed by atoms with Gasteiger partial charge in [0.1, 0.15) is 0 Å². The molecule has 1 N–H and O–H groups in total. The van der Waals surface area contributed by atoms with Crippen molar-refractivity contribution in [1.82, 2.24) is 9.80 Å². The van der Waals surface area contributed by atoms with Crippen LogP contribution in [-0.2, 0) is 6.42 Å². The largest absolute Gasteiger partial charge is 0.391 e. The van der Waals surface area contributed by atoms with Crippen LogP contribution in [-0.4, -0.2) is 59.8 Å². The topological polar surface area (TPSA) is 26.7 Å². The summed E-state index contributed by atoms with van der Waals surface area (Å²) < 4.78 is 0. The molecule has 0 saturated carbocycles. The zero-order valence-electron chi connectivity index (χ0n) is 12.0. The van der Waals surface area contributed by atoms with Crippen molar-refractivity contribution < 1.29 is 5.11 Å². The highest BCUT2D eigenvalue weighted by Crippen LogP contribution is 2.22. The Hall–Kier alpha value is -0.900. The first kappa shape index (κ1) is 13.1. The number of benzene rings is 1. The van der Waals surface area contributed by atoms with Crippen LogP contribution in [0.1, 0.15) is 16.7 Å². The zero-order chi connectivity index (χ0) is 13.4. The van der Waals surface area contributed by atoms with E-state index in [4.69, 9.17) is 0 Å². The standard InChI is InChI=1S/C16H24N2O/c1-12-4-3-5-13(2)14(12)10-16(19)15-11-17-6-8-18(15)9-7-17/h3-5,15-16,19H,6-11H2,1-2H3. The second kappa shape index (κ2) is 5.23. The van der Waals surface area contributed by atoms with E-state index < -0.39 is 0 Å². The van der Waals surface area contributed by atoms with E-state index in [1.807, 2.05) is 0 Å². The van der Waals surface area contributed by atoms with Gasteiger partial charge >= 0.3 is 0 Å². The van der Waals surface area contributed by atoms with Crippen LogP contribution >= 0.6 is 0 Å². The lowest BCUT2D eigenvalue weighted by atomic mass is 9.92. The molecule has 3 aliphatic rings. The predicted octanol–water partition coefficient (Wildman–Crippen LogP) is 1.21.